The van der Waals surface area contributed by atoms with E-state index in [2.05, 4.69) is 36.6 Å². The Bertz CT molecular complexity index is 699. The van der Waals surface area contributed by atoms with Gasteiger partial charge in [0.2, 0.25) is 0 Å². The van der Waals surface area contributed by atoms with Gasteiger partial charge < -0.3 is 9.47 Å². The number of hydrogen-bond acceptors (Lipinski definition) is 3. The summed E-state index contributed by atoms with van der Waals surface area (Å²) in [6, 6.07) is 5.05. The van der Waals surface area contributed by atoms with Crippen LogP contribution in [0.1, 0.15) is 37.3 Å². The van der Waals surface area contributed by atoms with E-state index in [0.29, 0.717) is 24.0 Å². The molecule has 5 rings (SSSR count). The molecule has 128 valence electrons. The van der Waals surface area contributed by atoms with Crippen LogP contribution in [-0.2, 0) is 11.8 Å². The third kappa shape index (κ3) is 1.62. The summed E-state index contributed by atoms with van der Waals surface area (Å²) >= 11 is 0. The van der Waals surface area contributed by atoms with Gasteiger partial charge in [0.1, 0.15) is 6.10 Å². The van der Waals surface area contributed by atoms with Crippen LogP contribution in [0.5, 0.6) is 11.5 Å². The first-order valence-electron chi connectivity index (χ1n) is 9.42. The van der Waals surface area contributed by atoms with Crippen LogP contribution in [0.2, 0.25) is 0 Å². The van der Waals surface area contributed by atoms with Gasteiger partial charge in [0.05, 0.1) is 7.11 Å². The van der Waals surface area contributed by atoms with Crippen molar-refractivity contribution in [1.29, 1.82) is 0 Å². The van der Waals surface area contributed by atoms with Crippen molar-refractivity contribution < 1.29 is 9.47 Å². The standard InChI is InChI=1S/C21H27NO2/c1-4-10-22-11-9-21-15-7-5-13(2)20(21)24-19-17(23-3)8-6-14(18(19)21)12-16(15)22/h4,6,8,13,15-16,20H,1,5,7,9-12H2,2-3H3/t13?,15?,16?,20?,21-/m0/s1. The smallest absolute Gasteiger partial charge is 0.165 e. The summed E-state index contributed by atoms with van der Waals surface area (Å²) in [5.74, 6) is 3.33. The van der Waals surface area contributed by atoms with Gasteiger partial charge >= 0.3 is 0 Å². The van der Waals surface area contributed by atoms with Gasteiger partial charge in [-0.2, -0.15) is 0 Å². The Morgan fingerprint density at radius 2 is 2.29 bits per heavy atom. The van der Waals surface area contributed by atoms with Gasteiger partial charge in [-0.25, -0.2) is 0 Å². The third-order valence-corrected chi connectivity index (χ3v) is 7.30. The molecular formula is C21H27NO2. The maximum atomic E-state index is 6.64. The van der Waals surface area contributed by atoms with Crippen LogP contribution >= 0.6 is 0 Å². The molecule has 1 spiro atoms. The van der Waals surface area contributed by atoms with E-state index in [1.54, 1.807) is 7.11 Å². The Morgan fingerprint density at radius 3 is 3.08 bits per heavy atom. The molecule has 5 atom stereocenters. The molecule has 2 aliphatic carbocycles. The molecule has 2 aliphatic heterocycles. The first-order valence-corrected chi connectivity index (χ1v) is 9.42. The predicted octanol–water partition coefficient (Wildman–Crippen LogP) is 3.56. The molecule has 1 saturated heterocycles. The molecule has 4 unspecified atom stereocenters. The van der Waals surface area contributed by atoms with Gasteiger partial charge in [-0.15, -0.1) is 6.58 Å². The number of likely N-dealkylation sites (tertiary alicyclic amines) is 1. The zero-order chi connectivity index (χ0) is 16.5. The maximum absolute atomic E-state index is 6.64. The molecule has 0 amide bonds. The number of piperidine rings is 1. The van der Waals surface area contributed by atoms with Crippen molar-refractivity contribution >= 4 is 0 Å². The molecule has 0 N–H and O–H groups in total. The second-order valence-electron chi connectivity index (χ2n) is 8.18. The van der Waals surface area contributed by atoms with E-state index >= 15 is 0 Å². The molecular weight excluding hydrogens is 298 g/mol. The van der Waals surface area contributed by atoms with Gasteiger partial charge in [0.25, 0.3) is 0 Å². The molecule has 2 heterocycles. The van der Waals surface area contributed by atoms with Crippen molar-refractivity contribution in [3.63, 3.8) is 0 Å². The molecule has 24 heavy (non-hydrogen) atoms. The number of nitrogens with zero attached hydrogens (tertiary/aromatic N) is 1. The van der Waals surface area contributed by atoms with E-state index in [1.807, 2.05) is 0 Å². The summed E-state index contributed by atoms with van der Waals surface area (Å²) < 4.78 is 12.3. The van der Waals surface area contributed by atoms with Crippen LogP contribution < -0.4 is 9.47 Å². The summed E-state index contributed by atoms with van der Waals surface area (Å²) in [5.41, 5.74) is 3.23. The Labute approximate surface area is 144 Å². The van der Waals surface area contributed by atoms with Crippen molar-refractivity contribution in [2.75, 3.05) is 20.2 Å². The molecule has 3 nitrogen and oxygen atoms in total. The lowest BCUT2D eigenvalue weighted by atomic mass is 9.50. The van der Waals surface area contributed by atoms with E-state index in [0.717, 1.165) is 31.0 Å². The lowest BCUT2D eigenvalue weighted by Crippen LogP contribution is -2.65. The highest BCUT2D eigenvalue weighted by atomic mass is 16.5. The van der Waals surface area contributed by atoms with Crippen LogP contribution in [0.3, 0.4) is 0 Å². The minimum absolute atomic E-state index is 0.220. The summed E-state index contributed by atoms with van der Waals surface area (Å²) in [6.45, 7) is 8.54. The molecule has 4 aliphatic rings. The number of ether oxygens (including phenoxy) is 2. The number of hydrogen-bond donors (Lipinski definition) is 0. The normalized spacial score (nSPS) is 39.1. The molecule has 0 aromatic heterocycles. The fourth-order valence-electron chi connectivity index (χ4n) is 6.43. The second kappa shape index (κ2) is 5.01. The first-order chi connectivity index (χ1) is 11.7. The Kier molecular flexibility index (Phi) is 3.10. The fraction of sp³-hybridized carbons (Fsp3) is 0.619. The molecule has 1 saturated carbocycles. The van der Waals surface area contributed by atoms with Gasteiger partial charge in [0.15, 0.2) is 11.5 Å². The zero-order valence-corrected chi connectivity index (χ0v) is 14.8. The average molecular weight is 325 g/mol. The van der Waals surface area contributed by atoms with Crippen molar-refractivity contribution in [2.24, 2.45) is 11.8 Å². The van der Waals surface area contributed by atoms with Crippen LogP contribution in [0.4, 0.5) is 0 Å². The quantitative estimate of drug-likeness (QED) is 0.793. The minimum Gasteiger partial charge on any atom is -0.493 e. The van der Waals surface area contributed by atoms with Crippen molar-refractivity contribution in [3.8, 4) is 11.5 Å². The summed E-state index contributed by atoms with van der Waals surface area (Å²) in [5, 5.41) is 0. The average Bonchev–Trinajstić information content (AvgIpc) is 2.94. The van der Waals surface area contributed by atoms with Gasteiger partial charge in [-0.05, 0) is 55.7 Å². The van der Waals surface area contributed by atoms with E-state index in [1.165, 1.54) is 30.4 Å². The molecule has 0 radical (unpaired) electrons. The highest BCUT2D eigenvalue weighted by molar-refractivity contribution is 5.61. The Morgan fingerprint density at radius 1 is 1.42 bits per heavy atom. The van der Waals surface area contributed by atoms with E-state index in [9.17, 15) is 0 Å². The lowest BCUT2D eigenvalue weighted by molar-refractivity contribution is -0.0691. The van der Waals surface area contributed by atoms with E-state index in [-0.39, 0.29) is 5.41 Å². The Balaban J connectivity index is 1.72. The van der Waals surface area contributed by atoms with Crippen LogP contribution in [0, 0.1) is 11.8 Å². The number of methoxy groups -OCH3 is 1. The van der Waals surface area contributed by atoms with Gasteiger partial charge in [0, 0.05) is 23.6 Å². The number of rotatable bonds is 3. The topological polar surface area (TPSA) is 21.7 Å². The fourth-order valence-corrected chi connectivity index (χ4v) is 6.43. The Hall–Kier alpha value is -1.48. The largest absolute Gasteiger partial charge is 0.493 e. The highest BCUT2D eigenvalue weighted by Crippen LogP contribution is 2.64. The van der Waals surface area contributed by atoms with Gasteiger partial charge in [-0.1, -0.05) is 19.1 Å². The van der Waals surface area contributed by atoms with Crippen molar-refractivity contribution in [3.05, 3.63) is 35.9 Å². The van der Waals surface area contributed by atoms with Crippen LogP contribution in [-0.4, -0.2) is 37.2 Å². The molecule has 1 aromatic carbocycles. The van der Waals surface area contributed by atoms with Crippen molar-refractivity contribution in [1.82, 2.24) is 4.90 Å². The SMILES string of the molecule is C=CCN1CC[C@]23c4c5ccc(OC)c4OC2C(C)CCC3C1C5. The van der Waals surface area contributed by atoms with E-state index in [4.69, 9.17) is 9.47 Å². The summed E-state index contributed by atoms with van der Waals surface area (Å²) in [4.78, 5) is 2.67. The summed E-state index contributed by atoms with van der Waals surface area (Å²) in [7, 11) is 1.76. The van der Waals surface area contributed by atoms with E-state index < -0.39 is 0 Å². The molecule has 1 aromatic rings. The van der Waals surface area contributed by atoms with Crippen LogP contribution in [0.15, 0.2) is 24.8 Å². The summed E-state index contributed by atoms with van der Waals surface area (Å²) in [6.07, 6.45) is 7.37. The molecule has 3 heteroatoms. The second-order valence-corrected chi connectivity index (χ2v) is 8.18. The van der Waals surface area contributed by atoms with Crippen molar-refractivity contribution in [2.45, 2.75) is 50.2 Å². The van der Waals surface area contributed by atoms with Crippen LogP contribution in [0.25, 0.3) is 0 Å². The minimum atomic E-state index is 0.220. The maximum Gasteiger partial charge on any atom is 0.165 e. The lowest BCUT2D eigenvalue weighted by Gasteiger charge is -2.59. The molecule has 2 bridgehead atoms. The zero-order valence-electron chi connectivity index (χ0n) is 14.8. The van der Waals surface area contributed by atoms with Gasteiger partial charge in [-0.3, -0.25) is 4.90 Å². The third-order valence-electron chi connectivity index (χ3n) is 7.30. The number of benzene rings is 1. The predicted molar refractivity (Wildman–Crippen MR) is 94.9 cm³/mol. The first kappa shape index (κ1) is 14.8. The monoisotopic (exact) mass is 325 g/mol. The highest BCUT2D eigenvalue weighted by Gasteiger charge is 2.64. The molecule has 2 fully saturated rings.